The van der Waals surface area contributed by atoms with Crippen molar-refractivity contribution < 1.29 is 19.7 Å². The van der Waals surface area contributed by atoms with Crippen LogP contribution in [0.25, 0.3) is 0 Å². The van der Waals surface area contributed by atoms with E-state index in [1.807, 2.05) is 12.1 Å². The Morgan fingerprint density at radius 3 is 2.44 bits per heavy atom. The summed E-state index contributed by atoms with van der Waals surface area (Å²) in [7, 11) is 1.52. The van der Waals surface area contributed by atoms with Crippen LogP contribution < -0.4 is 5.32 Å². The van der Waals surface area contributed by atoms with Crippen molar-refractivity contribution in [2.24, 2.45) is 0 Å². The number of anilines is 1. The molecule has 0 unspecified atom stereocenters. The van der Waals surface area contributed by atoms with Gasteiger partial charge in [0, 0.05) is 18.6 Å². The van der Waals surface area contributed by atoms with Crippen molar-refractivity contribution in [3.8, 4) is 0 Å². The van der Waals surface area contributed by atoms with Gasteiger partial charge in [0.1, 0.15) is 30.7 Å². The summed E-state index contributed by atoms with van der Waals surface area (Å²) in [6.07, 6.45) is 2.95. The Balaban J connectivity index is 1.50. The van der Waals surface area contributed by atoms with E-state index in [-0.39, 0.29) is 0 Å². The quantitative estimate of drug-likeness (QED) is 0.720. The van der Waals surface area contributed by atoms with Crippen LogP contribution in [-0.4, -0.2) is 51.2 Å². The summed E-state index contributed by atoms with van der Waals surface area (Å²) in [4.78, 5) is 4.06. The summed E-state index contributed by atoms with van der Waals surface area (Å²) in [5.41, 5.74) is 2.17. The van der Waals surface area contributed by atoms with Gasteiger partial charge in [-0.05, 0) is 29.9 Å². The van der Waals surface area contributed by atoms with Gasteiger partial charge in [-0.1, -0.05) is 37.1 Å². The lowest BCUT2D eigenvalue weighted by atomic mass is 9.90. The first kappa shape index (κ1) is 18.8. The first-order valence-electron chi connectivity index (χ1n) is 9.35. The van der Waals surface area contributed by atoms with Crippen LogP contribution in [0.15, 0.2) is 30.6 Å². The fourth-order valence-electron chi connectivity index (χ4n) is 4.09. The molecule has 1 aliphatic heterocycles. The highest BCUT2D eigenvalue weighted by molar-refractivity contribution is 7.09. The third-order valence-electron chi connectivity index (χ3n) is 5.58. The zero-order valence-corrected chi connectivity index (χ0v) is 16.0. The van der Waals surface area contributed by atoms with E-state index in [9.17, 15) is 10.2 Å². The Morgan fingerprint density at radius 1 is 1.11 bits per heavy atom. The molecule has 27 heavy (non-hydrogen) atoms. The first-order chi connectivity index (χ1) is 13.2. The molecule has 146 valence electrons. The molecule has 7 nitrogen and oxygen atoms in total. The molecule has 2 heterocycles. The van der Waals surface area contributed by atoms with Crippen LogP contribution in [0.5, 0.6) is 0 Å². The Bertz CT molecular complexity index is 719. The fraction of sp³-hybridized carbons (Fsp3) is 0.579. The summed E-state index contributed by atoms with van der Waals surface area (Å²) in [6.45, 7) is 0. The maximum Gasteiger partial charge on any atom is 0.202 e. The molecule has 2 aliphatic rings. The van der Waals surface area contributed by atoms with Crippen molar-refractivity contribution in [2.45, 2.75) is 62.2 Å². The van der Waals surface area contributed by atoms with Gasteiger partial charge in [-0.3, -0.25) is 0 Å². The third kappa shape index (κ3) is 3.86. The summed E-state index contributed by atoms with van der Waals surface area (Å²) in [5, 5.41) is 24.9. The second-order valence-corrected chi connectivity index (χ2v) is 7.99. The van der Waals surface area contributed by atoms with Gasteiger partial charge in [0.05, 0.1) is 0 Å². The van der Waals surface area contributed by atoms with Crippen LogP contribution >= 0.6 is 11.5 Å². The van der Waals surface area contributed by atoms with E-state index >= 15 is 0 Å². The molecule has 0 spiro atoms. The first-order valence-corrected chi connectivity index (χ1v) is 10.1. The van der Waals surface area contributed by atoms with Crippen molar-refractivity contribution in [1.29, 1.82) is 0 Å². The van der Waals surface area contributed by atoms with E-state index < -0.39 is 30.6 Å². The van der Waals surface area contributed by atoms with Crippen molar-refractivity contribution in [3.63, 3.8) is 0 Å². The number of aliphatic hydroxyl groups is 2. The monoisotopic (exact) mass is 391 g/mol. The molecular weight excluding hydrogens is 366 g/mol. The molecule has 5 atom stereocenters. The van der Waals surface area contributed by atoms with E-state index in [2.05, 4.69) is 26.8 Å². The molecule has 1 saturated heterocycles. The van der Waals surface area contributed by atoms with Crippen LogP contribution in [0.3, 0.4) is 0 Å². The SMILES string of the molecule is CO[C@H]1O[C@H](c2ccc(C3CCCC3)cc2)[C@H](O)[C@H](O)[C@H]1Nc1ncns1. The molecule has 4 rings (SSSR count). The molecule has 3 N–H and O–H groups in total. The lowest BCUT2D eigenvalue weighted by Gasteiger charge is -2.42. The normalized spacial score (nSPS) is 31.9. The van der Waals surface area contributed by atoms with Gasteiger partial charge in [0.2, 0.25) is 5.13 Å². The minimum Gasteiger partial charge on any atom is -0.388 e. The van der Waals surface area contributed by atoms with Crippen LogP contribution in [0.2, 0.25) is 0 Å². The van der Waals surface area contributed by atoms with Crippen LogP contribution in [0.1, 0.15) is 48.8 Å². The van der Waals surface area contributed by atoms with E-state index in [4.69, 9.17) is 9.47 Å². The third-order valence-corrected chi connectivity index (χ3v) is 6.17. The van der Waals surface area contributed by atoms with Gasteiger partial charge in [0.25, 0.3) is 0 Å². The molecule has 2 fully saturated rings. The predicted molar refractivity (Wildman–Crippen MR) is 102 cm³/mol. The molecule has 1 aromatic heterocycles. The standard InChI is InChI=1S/C19H25N3O4S/c1-25-18-14(22-19-20-10-21-27-19)15(23)16(24)17(26-18)13-8-6-12(7-9-13)11-4-2-3-5-11/h6-11,14-18,23-24H,2-5H2,1H3,(H,20,21,22)/t14-,15-,16-,17-,18+/m1/s1. The van der Waals surface area contributed by atoms with Gasteiger partial charge >= 0.3 is 0 Å². The smallest absolute Gasteiger partial charge is 0.202 e. The molecule has 2 aromatic rings. The topological polar surface area (TPSA) is 96.7 Å². The number of hydrogen-bond donors (Lipinski definition) is 3. The number of aromatic nitrogens is 2. The van der Waals surface area contributed by atoms with Crippen molar-refractivity contribution >= 4 is 16.7 Å². The Hall–Kier alpha value is -1.58. The van der Waals surface area contributed by atoms with Gasteiger partial charge in [0.15, 0.2) is 6.29 Å². The minimum absolute atomic E-state index is 0.538. The average Bonchev–Trinajstić information content (AvgIpc) is 3.40. The molecule has 1 aromatic carbocycles. The second-order valence-electron chi connectivity index (χ2n) is 7.21. The van der Waals surface area contributed by atoms with Crippen molar-refractivity contribution in [1.82, 2.24) is 9.36 Å². The summed E-state index contributed by atoms with van der Waals surface area (Å²) < 4.78 is 15.3. The maximum absolute atomic E-state index is 10.7. The van der Waals surface area contributed by atoms with Crippen molar-refractivity contribution in [2.75, 3.05) is 12.4 Å². The highest BCUT2D eigenvalue weighted by atomic mass is 32.1. The Labute approximate surface area is 162 Å². The second kappa shape index (κ2) is 8.20. The number of nitrogens with one attached hydrogen (secondary N) is 1. The molecule has 0 bridgehead atoms. The van der Waals surface area contributed by atoms with Crippen LogP contribution in [0, 0.1) is 0 Å². The number of hydrogen-bond acceptors (Lipinski definition) is 8. The maximum atomic E-state index is 10.7. The van der Waals surface area contributed by atoms with E-state index in [0.29, 0.717) is 11.0 Å². The molecule has 0 radical (unpaired) electrons. The number of rotatable bonds is 5. The molecule has 8 heteroatoms. The summed E-state index contributed by atoms with van der Waals surface area (Å²) in [5.74, 6) is 0.633. The highest BCUT2D eigenvalue weighted by Gasteiger charge is 2.45. The molecule has 1 saturated carbocycles. The zero-order valence-electron chi connectivity index (χ0n) is 15.2. The largest absolute Gasteiger partial charge is 0.388 e. The summed E-state index contributed by atoms with van der Waals surface area (Å²) >= 11 is 1.17. The number of nitrogens with zero attached hydrogens (tertiary/aromatic N) is 2. The molecule has 0 amide bonds. The lowest BCUT2D eigenvalue weighted by molar-refractivity contribution is -0.250. The number of aliphatic hydroxyl groups excluding tert-OH is 2. The van der Waals surface area contributed by atoms with E-state index in [1.165, 1.54) is 56.2 Å². The van der Waals surface area contributed by atoms with Crippen molar-refractivity contribution in [3.05, 3.63) is 41.7 Å². The number of methoxy groups -OCH3 is 1. The Kier molecular flexibility index (Phi) is 5.70. The van der Waals surface area contributed by atoms with Gasteiger partial charge in [-0.15, -0.1) is 0 Å². The number of ether oxygens (including phenoxy) is 2. The van der Waals surface area contributed by atoms with Gasteiger partial charge in [-0.2, -0.15) is 4.37 Å². The number of benzene rings is 1. The average molecular weight is 391 g/mol. The van der Waals surface area contributed by atoms with E-state index in [1.54, 1.807) is 0 Å². The fourth-order valence-corrected chi connectivity index (χ4v) is 4.57. The van der Waals surface area contributed by atoms with Crippen LogP contribution in [0.4, 0.5) is 5.13 Å². The highest BCUT2D eigenvalue weighted by Crippen LogP contribution is 2.37. The van der Waals surface area contributed by atoms with Gasteiger partial charge in [-0.25, -0.2) is 4.98 Å². The van der Waals surface area contributed by atoms with Crippen LogP contribution in [-0.2, 0) is 9.47 Å². The molecular formula is C19H25N3O4S. The zero-order chi connectivity index (χ0) is 18.8. The Morgan fingerprint density at radius 2 is 1.81 bits per heavy atom. The summed E-state index contributed by atoms with van der Waals surface area (Å²) in [6, 6.07) is 7.55. The predicted octanol–water partition coefficient (Wildman–Crippen LogP) is 2.44. The lowest BCUT2D eigenvalue weighted by Crippen LogP contribution is -2.57. The van der Waals surface area contributed by atoms with Gasteiger partial charge < -0.3 is 25.0 Å². The van der Waals surface area contributed by atoms with E-state index in [0.717, 1.165) is 5.56 Å². The molecule has 1 aliphatic carbocycles. The minimum atomic E-state index is -1.08.